The van der Waals surface area contributed by atoms with Gasteiger partial charge in [0, 0.05) is 51.0 Å². The summed E-state index contributed by atoms with van der Waals surface area (Å²) in [4.78, 5) is 24.2. The van der Waals surface area contributed by atoms with Crippen LogP contribution in [0.1, 0.15) is 0 Å². The highest BCUT2D eigenvalue weighted by atomic mass is 16.5. The molecule has 0 aliphatic carbocycles. The molecule has 3 aromatic rings. The molecule has 2 aromatic carbocycles. The molecule has 1 atom stereocenters. The van der Waals surface area contributed by atoms with E-state index in [4.69, 9.17) is 9.72 Å². The maximum atomic E-state index is 12.9. The number of anilines is 1. The molecule has 7 heteroatoms. The highest BCUT2D eigenvalue weighted by molar-refractivity contribution is 5.83. The van der Waals surface area contributed by atoms with Gasteiger partial charge in [-0.1, -0.05) is 24.3 Å². The quantitative estimate of drug-likeness (QED) is 0.652. The molecule has 5 rings (SSSR count). The molecule has 31 heavy (non-hydrogen) atoms. The van der Waals surface area contributed by atoms with E-state index in [0.717, 1.165) is 55.1 Å². The van der Waals surface area contributed by atoms with Crippen LogP contribution in [-0.4, -0.2) is 84.3 Å². The van der Waals surface area contributed by atoms with E-state index in [1.165, 1.54) is 5.69 Å². The third kappa shape index (κ3) is 3.79. The molecule has 7 nitrogen and oxygen atoms in total. The smallest absolute Gasteiger partial charge is 0.242 e. The molecule has 2 aliphatic rings. The second-order valence-electron chi connectivity index (χ2n) is 8.42. The lowest BCUT2D eigenvalue weighted by molar-refractivity contribution is -0.142. The fraction of sp³-hybridized carbons (Fsp3) is 0.417. The zero-order valence-corrected chi connectivity index (χ0v) is 18.2. The summed E-state index contributed by atoms with van der Waals surface area (Å²) in [6.45, 7) is 5.14. The van der Waals surface area contributed by atoms with Gasteiger partial charge in [-0.05, 0) is 31.3 Å². The van der Waals surface area contributed by atoms with E-state index < -0.39 is 0 Å². The molecule has 162 valence electrons. The number of carbonyl (C=O) groups excluding carboxylic acids is 1. The van der Waals surface area contributed by atoms with E-state index in [0.29, 0.717) is 13.2 Å². The molecular weight excluding hydrogens is 390 g/mol. The molecule has 0 unspecified atom stereocenters. The number of likely N-dealkylation sites (N-methyl/N-ethyl adjacent to an activating group) is 1. The number of benzene rings is 2. The van der Waals surface area contributed by atoms with Crippen LogP contribution in [0.4, 0.5) is 5.69 Å². The van der Waals surface area contributed by atoms with Gasteiger partial charge in [0.05, 0.1) is 24.2 Å². The second-order valence-corrected chi connectivity index (χ2v) is 8.42. The standard InChI is InChI=1S/C24H29N5O2/c1-26-14-15-31-17-22(26)24(30)29-12-10-28(11-13-29)19-7-5-6-18(16-19)23-25-20-8-3-4-9-21(20)27(23)2/h3-9,16,22H,10-15,17H2,1-2H3/t22-/m0/s1. The van der Waals surface area contributed by atoms with Crippen molar-refractivity contribution in [2.24, 2.45) is 7.05 Å². The normalized spacial score (nSPS) is 20.4. The number of amides is 1. The van der Waals surface area contributed by atoms with Gasteiger partial charge in [-0.25, -0.2) is 4.98 Å². The summed E-state index contributed by atoms with van der Waals surface area (Å²) >= 11 is 0. The number of hydrogen-bond acceptors (Lipinski definition) is 5. The average Bonchev–Trinajstić information content (AvgIpc) is 3.16. The van der Waals surface area contributed by atoms with E-state index in [9.17, 15) is 4.79 Å². The number of aromatic nitrogens is 2. The highest BCUT2D eigenvalue weighted by Crippen LogP contribution is 2.27. The van der Waals surface area contributed by atoms with Crippen LogP contribution in [-0.2, 0) is 16.6 Å². The SMILES string of the molecule is CN1CCOC[C@H]1C(=O)N1CCN(c2cccc(-c3nc4ccccc4n3C)c2)CC1. The predicted molar refractivity (Wildman–Crippen MR) is 122 cm³/mol. The first-order valence-electron chi connectivity index (χ1n) is 11.0. The number of morpholine rings is 1. The Morgan fingerprint density at radius 1 is 1.00 bits per heavy atom. The van der Waals surface area contributed by atoms with Gasteiger partial charge in [0.15, 0.2) is 0 Å². The number of piperazine rings is 1. The Labute approximate surface area is 182 Å². The maximum absolute atomic E-state index is 12.9. The van der Waals surface area contributed by atoms with E-state index in [2.05, 4.69) is 51.7 Å². The molecule has 1 amide bonds. The maximum Gasteiger partial charge on any atom is 0.242 e. The number of carbonyl (C=O) groups is 1. The van der Waals surface area contributed by atoms with Crippen LogP contribution in [0.5, 0.6) is 0 Å². The monoisotopic (exact) mass is 419 g/mol. The number of hydrogen-bond donors (Lipinski definition) is 0. The van der Waals surface area contributed by atoms with Gasteiger partial charge in [0.25, 0.3) is 0 Å². The molecule has 0 N–H and O–H groups in total. The number of aryl methyl sites for hydroxylation is 1. The summed E-state index contributed by atoms with van der Waals surface area (Å²) < 4.78 is 7.68. The number of para-hydroxylation sites is 2. The number of imidazole rings is 1. The van der Waals surface area contributed by atoms with Crippen LogP contribution in [0.3, 0.4) is 0 Å². The van der Waals surface area contributed by atoms with Gasteiger partial charge in [0.1, 0.15) is 11.9 Å². The summed E-state index contributed by atoms with van der Waals surface area (Å²) in [6, 6.07) is 16.6. The largest absolute Gasteiger partial charge is 0.378 e. The first kappa shape index (κ1) is 20.0. The van der Waals surface area contributed by atoms with Crippen LogP contribution in [0, 0.1) is 0 Å². The molecule has 0 bridgehead atoms. The minimum absolute atomic E-state index is 0.152. The fourth-order valence-corrected chi connectivity index (χ4v) is 4.59. The van der Waals surface area contributed by atoms with Crippen molar-refractivity contribution in [3.8, 4) is 11.4 Å². The molecule has 3 heterocycles. The highest BCUT2D eigenvalue weighted by Gasteiger charge is 2.32. The summed E-state index contributed by atoms with van der Waals surface area (Å²) in [5, 5.41) is 0. The van der Waals surface area contributed by atoms with E-state index >= 15 is 0 Å². The van der Waals surface area contributed by atoms with Gasteiger partial charge < -0.3 is 19.1 Å². The average molecular weight is 420 g/mol. The Morgan fingerprint density at radius 3 is 2.58 bits per heavy atom. The molecule has 0 spiro atoms. The Hall–Kier alpha value is -2.90. The summed E-state index contributed by atoms with van der Waals surface area (Å²) in [5.74, 6) is 1.16. The van der Waals surface area contributed by atoms with Gasteiger partial charge in [0.2, 0.25) is 5.91 Å². The Balaban J connectivity index is 1.30. The molecule has 1 aromatic heterocycles. The number of nitrogens with zero attached hydrogens (tertiary/aromatic N) is 5. The zero-order chi connectivity index (χ0) is 21.4. The molecule has 0 radical (unpaired) electrons. The zero-order valence-electron chi connectivity index (χ0n) is 18.2. The van der Waals surface area contributed by atoms with Crippen LogP contribution in [0.15, 0.2) is 48.5 Å². The minimum atomic E-state index is -0.152. The van der Waals surface area contributed by atoms with Crippen molar-refractivity contribution in [1.29, 1.82) is 0 Å². The van der Waals surface area contributed by atoms with E-state index in [1.807, 2.05) is 30.1 Å². The predicted octanol–water partition coefficient (Wildman–Crippen LogP) is 2.22. The Bertz CT molecular complexity index is 1090. The van der Waals surface area contributed by atoms with Crippen molar-refractivity contribution in [2.75, 3.05) is 57.9 Å². The van der Waals surface area contributed by atoms with E-state index in [1.54, 1.807) is 0 Å². The molecular formula is C24H29N5O2. The van der Waals surface area contributed by atoms with Crippen molar-refractivity contribution in [1.82, 2.24) is 19.4 Å². The van der Waals surface area contributed by atoms with Crippen molar-refractivity contribution in [2.45, 2.75) is 6.04 Å². The van der Waals surface area contributed by atoms with Gasteiger partial charge in [-0.2, -0.15) is 0 Å². The van der Waals surface area contributed by atoms with E-state index in [-0.39, 0.29) is 11.9 Å². The number of ether oxygens (including phenoxy) is 1. The van der Waals surface area contributed by atoms with Crippen molar-refractivity contribution in [3.63, 3.8) is 0 Å². The van der Waals surface area contributed by atoms with Crippen molar-refractivity contribution < 1.29 is 9.53 Å². The topological polar surface area (TPSA) is 53.8 Å². The lowest BCUT2D eigenvalue weighted by Gasteiger charge is -2.40. The number of rotatable bonds is 3. The Kier molecular flexibility index (Phi) is 5.38. The third-order valence-electron chi connectivity index (χ3n) is 6.53. The van der Waals surface area contributed by atoms with Gasteiger partial charge >= 0.3 is 0 Å². The lowest BCUT2D eigenvalue weighted by Crippen LogP contribution is -2.57. The summed E-state index contributed by atoms with van der Waals surface area (Å²) in [6.07, 6.45) is 0. The third-order valence-corrected chi connectivity index (χ3v) is 6.53. The lowest BCUT2D eigenvalue weighted by atomic mass is 10.1. The summed E-state index contributed by atoms with van der Waals surface area (Å²) in [7, 11) is 4.07. The first-order valence-corrected chi connectivity index (χ1v) is 11.0. The fourth-order valence-electron chi connectivity index (χ4n) is 4.59. The van der Waals surface area contributed by atoms with Crippen LogP contribution in [0.2, 0.25) is 0 Å². The Morgan fingerprint density at radius 2 is 1.81 bits per heavy atom. The minimum Gasteiger partial charge on any atom is -0.378 e. The van der Waals surface area contributed by atoms with Crippen molar-refractivity contribution in [3.05, 3.63) is 48.5 Å². The van der Waals surface area contributed by atoms with Crippen LogP contribution < -0.4 is 4.90 Å². The van der Waals surface area contributed by atoms with Gasteiger partial charge in [-0.15, -0.1) is 0 Å². The molecule has 2 fully saturated rings. The van der Waals surface area contributed by atoms with Crippen LogP contribution >= 0.6 is 0 Å². The van der Waals surface area contributed by atoms with Crippen molar-refractivity contribution >= 4 is 22.6 Å². The number of fused-ring (bicyclic) bond motifs is 1. The first-order chi connectivity index (χ1) is 15.1. The molecule has 2 saturated heterocycles. The molecule has 2 aliphatic heterocycles. The summed E-state index contributed by atoms with van der Waals surface area (Å²) in [5.41, 5.74) is 4.42. The van der Waals surface area contributed by atoms with Gasteiger partial charge in [-0.3, -0.25) is 9.69 Å². The second kappa shape index (κ2) is 8.32. The van der Waals surface area contributed by atoms with Crippen LogP contribution in [0.25, 0.3) is 22.4 Å². The molecule has 0 saturated carbocycles.